The summed E-state index contributed by atoms with van der Waals surface area (Å²) in [6.07, 6.45) is 4.09. The Morgan fingerprint density at radius 3 is 2.50 bits per heavy atom. The molecule has 104 valence electrons. The fourth-order valence-corrected chi connectivity index (χ4v) is 3.56. The minimum absolute atomic E-state index is 0.0983. The van der Waals surface area contributed by atoms with E-state index in [1.165, 1.54) is 0 Å². The molecule has 3 nitrogen and oxygen atoms in total. The number of hydrogen-bond donors (Lipinski definition) is 2. The summed E-state index contributed by atoms with van der Waals surface area (Å²) in [5, 5.41) is 3.68. The lowest BCUT2D eigenvalue weighted by molar-refractivity contribution is -0.125. The number of carbonyl (C=O) groups is 1. The quantitative estimate of drug-likeness (QED) is 0.791. The number of rotatable bonds is 2. The average Bonchev–Trinajstić information content (AvgIpc) is 2.85. The smallest absolute Gasteiger partial charge is 0.157 e. The van der Waals surface area contributed by atoms with Crippen LogP contribution < -0.4 is 11.1 Å². The van der Waals surface area contributed by atoms with Crippen molar-refractivity contribution in [1.29, 1.82) is 0 Å². The van der Waals surface area contributed by atoms with Gasteiger partial charge in [0.25, 0.3) is 0 Å². The summed E-state index contributed by atoms with van der Waals surface area (Å²) in [4.78, 5) is 12.4. The summed E-state index contributed by atoms with van der Waals surface area (Å²) < 4.78 is 0. The van der Waals surface area contributed by atoms with E-state index in [1.54, 1.807) is 0 Å². The van der Waals surface area contributed by atoms with Crippen LogP contribution in [0.2, 0.25) is 0 Å². The van der Waals surface area contributed by atoms with Crippen molar-refractivity contribution >= 4 is 5.78 Å². The zero-order chi connectivity index (χ0) is 13.6. The first kappa shape index (κ1) is 14.0. The van der Waals surface area contributed by atoms with E-state index in [9.17, 15) is 4.79 Å². The van der Waals surface area contributed by atoms with Gasteiger partial charge in [-0.1, -0.05) is 27.7 Å². The highest BCUT2D eigenvalue weighted by atomic mass is 16.1. The lowest BCUT2D eigenvalue weighted by atomic mass is 9.77. The second-order valence-electron chi connectivity index (χ2n) is 7.36. The second-order valence-corrected chi connectivity index (χ2v) is 7.36. The molecule has 1 aliphatic carbocycles. The first-order valence-electron chi connectivity index (χ1n) is 7.32. The van der Waals surface area contributed by atoms with Gasteiger partial charge in [-0.2, -0.15) is 0 Å². The van der Waals surface area contributed by atoms with Crippen molar-refractivity contribution in [2.45, 2.75) is 65.0 Å². The number of hydrogen-bond acceptors (Lipinski definition) is 3. The third-order valence-corrected chi connectivity index (χ3v) is 5.36. The fraction of sp³-hybridized carbons (Fsp3) is 0.933. The molecule has 0 bridgehead atoms. The molecule has 0 aromatic rings. The lowest BCUT2D eigenvalue weighted by Crippen LogP contribution is -2.51. The molecule has 2 aliphatic rings. The Kier molecular flexibility index (Phi) is 3.58. The highest BCUT2D eigenvalue weighted by molar-refractivity contribution is 5.93. The van der Waals surface area contributed by atoms with Crippen LogP contribution in [0.25, 0.3) is 0 Å². The van der Waals surface area contributed by atoms with E-state index >= 15 is 0 Å². The average molecular weight is 252 g/mol. The van der Waals surface area contributed by atoms with E-state index in [-0.39, 0.29) is 16.9 Å². The highest BCUT2D eigenvalue weighted by Gasteiger charge is 2.52. The Bertz CT molecular complexity index is 334. The molecule has 0 amide bonds. The van der Waals surface area contributed by atoms with Crippen LogP contribution in [-0.4, -0.2) is 23.9 Å². The Balaban J connectivity index is 2.07. The van der Waals surface area contributed by atoms with Gasteiger partial charge in [0.15, 0.2) is 5.78 Å². The van der Waals surface area contributed by atoms with E-state index in [2.05, 4.69) is 33.0 Å². The molecule has 0 radical (unpaired) electrons. The largest absolute Gasteiger partial charge is 0.330 e. The van der Waals surface area contributed by atoms with Gasteiger partial charge in [-0.15, -0.1) is 0 Å². The van der Waals surface area contributed by atoms with Crippen molar-refractivity contribution in [3.8, 4) is 0 Å². The van der Waals surface area contributed by atoms with Crippen LogP contribution in [0.1, 0.15) is 53.4 Å². The lowest BCUT2D eigenvalue weighted by Gasteiger charge is -2.34. The molecule has 1 saturated heterocycles. The molecule has 3 N–H and O–H groups in total. The summed E-state index contributed by atoms with van der Waals surface area (Å²) in [5.74, 6) is 1.07. The molecule has 4 atom stereocenters. The number of Topliss-reactive ketones (excluding diaryl/α,β-unsaturated/α-hetero) is 1. The molecule has 0 aromatic carbocycles. The molecular weight excluding hydrogens is 224 g/mol. The third-order valence-electron chi connectivity index (χ3n) is 5.36. The van der Waals surface area contributed by atoms with E-state index in [1.807, 2.05) is 0 Å². The first-order valence-corrected chi connectivity index (χ1v) is 7.32. The minimum atomic E-state index is -0.228. The van der Waals surface area contributed by atoms with Crippen LogP contribution in [0.15, 0.2) is 0 Å². The van der Waals surface area contributed by atoms with E-state index in [0.29, 0.717) is 24.3 Å². The van der Waals surface area contributed by atoms with Crippen molar-refractivity contribution in [3.63, 3.8) is 0 Å². The van der Waals surface area contributed by atoms with Gasteiger partial charge in [0.2, 0.25) is 0 Å². The Morgan fingerprint density at radius 1 is 1.39 bits per heavy atom. The van der Waals surface area contributed by atoms with Crippen molar-refractivity contribution in [1.82, 2.24) is 5.32 Å². The molecule has 18 heavy (non-hydrogen) atoms. The van der Waals surface area contributed by atoms with Crippen LogP contribution in [-0.2, 0) is 4.79 Å². The summed E-state index contributed by atoms with van der Waals surface area (Å²) in [7, 11) is 0. The van der Waals surface area contributed by atoms with Crippen molar-refractivity contribution in [3.05, 3.63) is 0 Å². The minimum Gasteiger partial charge on any atom is -0.330 e. The van der Waals surface area contributed by atoms with Gasteiger partial charge in [0.05, 0.1) is 5.54 Å². The molecular formula is C15H28N2O. The van der Waals surface area contributed by atoms with Gasteiger partial charge in [-0.25, -0.2) is 0 Å². The molecule has 1 spiro atoms. The summed E-state index contributed by atoms with van der Waals surface area (Å²) in [6, 6.07) is 0.477. The fourth-order valence-electron chi connectivity index (χ4n) is 3.56. The van der Waals surface area contributed by atoms with Gasteiger partial charge in [0, 0.05) is 18.5 Å². The number of nitrogens with one attached hydrogen (secondary N) is 1. The molecule has 4 unspecified atom stereocenters. The van der Waals surface area contributed by atoms with Crippen molar-refractivity contribution < 1.29 is 4.79 Å². The van der Waals surface area contributed by atoms with Crippen molar-refractivity contribution in [2.24, 2.45) is 23.0 Å². The second kappa shape index (κ2) is 4.61. The van der Waals surface area contributed by atoms with Crippen LogP contribution in [0, 0.1) is 17.3 Å². The zero-order valence-corrected chi connectivity index (χ0v) is 12.3. The maximum atomic E-state index is 12.4. The topological polar surface area (TPSA) is 55.1 Å². The molecule has 0 aromatic heterocycles. The van der Waals surface area contributed by atoms with Crippen LogP contribution in [0.5, 0.6) is 0 Å². The van der Waals surface area contributed by atoms with Gasteiger partial charge in [0.1, 0.15) is 0 Å². The molecule has 2 fully saturated rings. The van der Waals surface area contributed by atoms with Crippen LogP contribution >= 0.6 is 0 Å². The summed E-state index contributed by atoms with van der Waals surface area (Å²) in [6.45, 7) is 9.66. The molecule has 2 rings (SSSR count). The predicted octanol–water partition coefficient (Wildman–Crippen LogP) is 2.10. The molecule has 3 heteroatoms. The summed E-state index contributed by atoms with van der Waals surface area (Å²) in [5.41, 5.74) is 5.75. The maximum absolute atomic E-state index is 12.4. The first-order chi connectivity index (χ1) is 8.30. The normalized spacial score (nSPS) is 38.6. The number of carbonyl (C=O) groups excluding carboxylic acids is 1. The summed E-state index contributed by atoms with van der Waals surface area (Å²) >= 11 is 0. The van der Waals surface area contributed by atoms with Gasteiger partial charge in [-0.05, 0) is 37.0 Å². The number of ketones is 1. The van der Waals surface area contributed by atoms with E-state index in [4.69, 9.17) is 5.73 Å². The van der Waals surface area contributed by atoms with E-state index in [0.717, 1.165) is 25.7 Å². The Hall–Kier alpha value is -0.410. The van der Waals surface area contributed by atoms with Gasteiger partial charge >= 0.3 is 0 Å². The monoisotopic (exact) mass is 252 g/mol. The Morgan fingerprint density at radius 2 is 2.00 bits per heavy atom. The highest BCUT2D eigenvalue weighted by Crippen LogP contribution is 2.42. The van der Waals surface area contributed by atoms with Crippen LogP contribution in [0.3, 0.4) is 0 Å². The predicted molar refractivity (Wildman–Crippen MR) is 74.3 cm³/mol. The molecule has 1 heterocycles. The van der Waals surface area contributed by atoms with E-state index < -0.39 is 0 Å². The Labute approximate surface area is 111 Å². The zero-order valence-electron chi connectivity index (χ0n) is 12.3. The molecule has 1 aliphatic heterocycles. The van der Waals surface area contributed by atoms with Crippen molar-refractivity contribution in [2.75, 3.05) is 6.54 Å². The number of nitrogens with two attached hydrogens (primary N) is 1. The third kappa shape index (κ3) is 2.23. The van der Waals surface area contributed by atoms with Gasteiger partial charge < -0.3 is 11.1 Å². The standard InChI is InChI=1S/C15H28N2O/c1-10(14(2,3)4)12-6-8-15(17-12)7-5-11(9-16)13(15)18/h10-12,17H,5-9,16H2,1-4H3. The SMILES string of the molecule is CC(C1CCC2(CCC(CN)C2=O)N1)C(C)(C)C. The van der Waals surface area contributed by atoms with Gasteiger partial charge in [-0.3, -0.25) is 4.79 Å². The maximum Gasteiger partial charge on any atom is 0.157 e. The van der Waals surface area contributed by atoms with Crippen LogP contribution in [0.4, 0.5) is 0 Å². The molecule has 1 saturated carbocycles.